The van der Waals surface area contributed by atoms with Crippen LogP contribution < -0.4 is 5.32 Å². The molecule has 27 heavy (non-hydrogen) atoms. The molecule has 2 heterocycles. The summed E-state index contributed by atoms with van der Waals surface area (Å²) in [6.07, 6.45) is 10.2. The number of aromatic nitrogens is 2. The van der Waals surface area contributed by atoms with E-state index in [0.717, 1.165) is 37.1 Å². The van der Waals surface area contributed by atoms with Gasteiger partial charge in [0.15, 0.2) is 0 Å². The third-order valence-corrected chi connectivity index (χ3v) is 6.44. The maximum absolute atomic E-state index is 12.7. The Morgan fingerprint density at radius 2 is 1.85 bits per heavy atom. The second kappa shape index (κ2) is 7.95. The Balaban J connectivity index is 1.36. The van der Waals surface area contributed by atoms with Gasteiger partial charge in [0.05, 0.1) is 12.5 Å². The molecule has 2 aliphatic carbocycles. The van der Waals surface area contributed by atoms with Crippen molar-refractivity contribution in [2.24, 2.45) is 5.92 Å². The number of carbonyl (C=O) groups excluding carboxylic acids is 2. The molecule has 1 aliphatic heterocycles. The van der Waals surface area contributed by atoms with Crippen molar-refractivity contribution in [3.05, 3.63) is 22.8 Å². The van der Waals surface area contributed by atoms with Gasteiger partial charge < -0.3 is 10.2 Å². The summed E-state index contributed by atoms with van der Waals surface area (Å²) < 4.78 is 0. The average molecular weight is 370 g/mol. The van der Waals surface area contributed by atoms with Gasteiger partial charge in [0, 0.05) is 30.4 Å². The first-order chi connectivity index (χ1) is 13.1. The van der Waals surface area contributed by atoms with E-state index >= 15 is 0 Å². The van der Waals surface area contributed by atoms with Crippen molar-refractivity contribution in [2.45, 2.75) is 83.7 Å². The first kappa shape index (κ1) is 18.4. The van der Waals surface area contributed by atoms with Crippen LogP contribution in [0.4, 0.5) is 0 Å². The van der Waals surface area contributed by atoms with Crippen LogP contribution in [0.15, 0.2) is 0 Å². The highest BCUT2D eigenvalue weighted by molar-refractivity contribution is 5.84. The predicted molar refractivity (Wildman–Crippen MR) is 102 cm³/mol. The first-order valence-electron chi connectivity index (χ1n) is 10.5. The zero-order valence-electron chi connectivity index (χ0n) is 16.3. The minimum atomic E-state index is -0.109. The van der Waals surface area contributed by atoms with Gasteiger partial charge in [-0.2, -0.15) is 0 Å². The Labute approximate surface area is 161 Å². The summed E-state index contributed by atoms with van der Waals surface area (Å²) in [6.45, 7) is 2.99. The van der Waals surface area contributed by atoms with E-state index in [1.165, 1.54) is 31.2 Å². The standard InChI is InChI=1S/C21H30N4O2/c1-14-17-8-4-5-9-18(17)24-19(23-14)12-22-21(27)15-10-11-20(26)25(13-15)16-6-2-3-7-16/h15-16H,2-13H2,1H3,(H,22,27)/t15-/m0/s1. The molecule has 0 bridgehead atoms. The number of hydrogen-bond donors (Lipinski definition) is 1. The summed E-state index contributed by atoms with van der Waals surface area (Å²) >= 11 is 0. The maximum atomic E-state index is 12.7. The second-order valence-electron chi connectivity index (χ2n) is 8.30. The van der Waals surface area contributed by atoms with Crippen molar-refractivity contribution in [3.63, 3.8) is 0 Å². The van der Waals surface area contributed by atoms with Gasteiger partial charge in [0.25, 0.3) is 0 Å². The number of hydrogen-bond acceptors (Lipinski definition) is 4. The zero-order chi connectivity index (χ0) is 18.8. The molecule has 1 N–H and O–H groups in total. The largest absolute Gasteiger partial charge is 0.349 e. The molecule has 0 unspecified atom stereocenters. The van der Waals surface area contributed by atoms with E-state index in [4.69, 9.17) is 4.98 Å². The highest BCUT2D eigenvalue weighted by Gasteiger charge is 2.35. The lowest BCUT2D eigenvalue weighted by Crippen LogP contribution is -2.49. The lowest BCUT2D eigenvalue weighted by Gasteiger charge is -2.36. The number of likely N-dealkylation sites (tertiary alicyclic amines) is 1. The summed E-state index contributed by atoms with van der Waals surface area (Å²) in [5, 5.41) is 3.03. The number of fused-ring (bicyclic) bond motifs is 1. The van der Waals surface area contributed by atoms with Gasteiger partial charge in [-0.05, 0) is 57.4 Å². The van der Waals surface area contributed by atoms with E-state index in [1.54, 1.807) is 0 Å². The highest BCUT2D eigenvalue weighted by atomic mass is 16.2. The predicted octanol–water partition coefficient (Wildman–Crippen LogP) is 2.46. The molecule has 1 aromatic heterocycles. The first-order valence-corrected chi connectivity index (χ1v) is 10.5. The van der Waals surface area contributed by atoms with E-state index < -0.39 is 0 Å². The Morgan fingerprint density at radius 3 is 2.67 bits per heavy atom. The molecule has 0 spiro atoms. The molecule has 3 aliphatic rings. The van der Waals surface area contributed by atoms with Crippen molar-refractivity contribution >= 4 is 11.8 Å². The fraction of sp³-hybridized carbons (Fsp3) is 0.714. The maximum Gasteiger partial charge on any atom is 0.225 e. The third-order valence-electron chi connectivity index (χ3n) is 6.44. The van der Waals surface area contributed by atoms with Gasteiger partial charge in [0.1, 0.15) is 5.82 Å². The number of aryl methyl sites for hydroxylation is 2. The molecule has 6 nitrogen and oxygen atoms in total. The van der Waals surface area contributed by atoms with Crippen molar-refractivity contribution < 1.29 is 9.59 Å². The number of piperidine rings is 1. The molecule has 6 heteroatoms. The smallest absolute Gasteiger partial charge is 0.225 e. The van der Waals surface area contributed by atoms with Gasteiger partial charge in [-0.3, -0.25) is 9.59 Å². The number of rotatable bonds is 4. The summed E-state index contributed by atoms with van der Waals surface area (Å²) in [5.41, 5.74) is 3.52. The number of nitrogens with one attached hydrogen (secondary N) is 1. The summed E-state index contributed by atoms with van der Waals surface area (Å²) in [5.74, 6) is 0.854. The minimum Gasteiger partial charge on any atom is -0.349 e. The van der Waals surface area contributed by atoms with Gasteiger partial charge in [-0.15, -0.1) is 0 Å². The lowest BCUT2D eigenvalue weighted by molar-refractivity contribution is -0.140. The fourth-order valence-corrected chi connectivity index (χ4v) is 4.89. The molecular formula is C21H30N4O2. The zero-order valence-corrected chi connectivity index (χ0v) is 16.3. The van der Waals surface area contributed by atoms with Gasteiger partial charge >= 0.3 is 0 Å². The van der Waals surface area contributed by atoms with Crippen LogP contribution in [0.3, 0.4) is 0 Å². The Morgan fingerprint density at radius 1 is 1.07 bits per heavy atom. The monoisotopic (exact) mass is 370 g/mol. The van der Waals surface area contributed by atoms with Crippen LogP contribution in [0.25, 0.3) is 0 Å². The quantitative estimate of drug-likeness (QED) is 0.883. The highest BCUT2D eigenvalue weighted by Crippen LogP contribution is 2.29. The average Bonchev–Trinajstić information content (AvgIpc) is 3.21. The van der Waals surface area contributed by atoms with Crippen molar-refractivity contribution in [1.29, 1.82) is 0 Å². The van der Waals surface area contributed by atoms with E-state index in [1.807, 2.05) is 11.8 Å². The van der Waals surface area contributed by atoms with Crippen LogP contribution in [0.2, 0.25) is 0 Å². The SMILES string of the molecule is Cc1nc(CNC(=O)[C@H]2CCC(=O)N(C3CCCC3)C2)nc2c1CCCC2. The minimum absolute atomic E-state index is 0.0319. The lowest BCUT2D eigenvalue weighted by atomic mass is 9.94. The molecule has 0 aromatic carbocycles. The Bertz CT molecular complexity index is 727. The molecule has 0 radical (unpaired) electrons. The molecule has 2 fully saturated rings. The Kier molecular flexibility index (Phi) is 5.41. The van der Waals surface area contributed by atoms with Crippen molar-refractivity contribution in [3.8, 4) is 0 Å². The number of nitrogens with zero attached hydrogens (tertiary/aromatic N) is 3. The van der Waals surface area contributed by atoms with E-state index in [9.17, 15) is 9.59 Å². The normalized spacial score (nSPS) is 23.4. The van der Waals surface area contributed by atoms with Crippen LogP contribution in [0.1, 0.15) is 74.1 Å². The molecule has 1 atom stereocenters. The fourth-order valence-electron chi connectivity index (χ4n) is 4.89. The van der Waals surface area contributed by atoms with Crippen LogP contribution in [0.5, 0.6) is 0 Å². The van der Waals surface area contributed by atoms with E-state index in [0.29, 0.717) is 37.8 Å². The van der Waals surface area contributed by atoms with Crippen LogP contribution in [-0.4, -0.2) is 39.3 Å². The van der Waals surface area contributed by atoms with E-state index in [-0.39, 0.29) is 17.7 Å². The van der Waals surface area contributed by atoms with Crippen LogP contribution >= 0.6 is 0 Å². The van der Waals surface area contributed by atoms with Crippen LogP contribution in [0, 0.1) is 12.8 Å². The molecule has 1 saturated carbocycles. The van der Waals surface area contributed by atoms with Gasteiger partial charge in [-0.25, -0.2) is 9.97 Å². The second-order valence-corrected chi connectivity index (χ2v) is 8.30. The van der Waals surface area contributed by atoms with Gasteiger partial charge in [0.2, 0.25) is 11.8 Å². The molecule has 2 amide bonds. The third kappa shape index (κ3) is 3.99. The summed E-state index contributed by atoms with van der Waals surface area (Å²) in [4.78, 5) is 36.3. The van der Waals surface area contributed by atoms with Gasteiger partial charge in [-0.1, -0.05) is 12.8 Å². The summed E-state index contributed by atoms with van der Waals surface area (Å²) in [6, 6.07) is 0.347. The molecule has 1 saturated heterocycles. The van der Waals surface area contributed by atoms with E-state index in [2.05, 4.69) is 10.3 Å². The molecule has 1 aromatic rings. The van der Waals surface area contributed by atoms with Crippen molar-refractivity contribution in [2.75, 3.05) is 6.54 Å². The molecule has 146 valence electrons. The number of amides is 2. The topological polar surface area (TPSA) is 75.2 Å². The van der Waals surface area contributed by atoms with Crippen LogP contribution in [-0.2, 0) is 29.0 Å². The molecular weight excluding hydrogens is 340 g/mol. The Hall–Kier alpha value is -1.98. The number of carbonyl (C=O) groups is 2. The van der Waals surface area contributed by atoms with Crippen molar-refractivity contribution in [1.82, 2.24) is 20.2 Å². The summed E-state index contributed by atoms with van der Waals surface area (Å²) in [7, 11) is 0. The molecule has 4 rings (SSSR count).